The first-order valence-corrected chi connectivity index (χ1v) is 12.6. The highest BCUT2D eigenvalue weighted by atomic mass is 19.4. The number of hydrogen-bond donors (Lipinski definition) is 0. The molecule has 0 N–H and O–H groups in total. The molecule has 2 amide bonds. The van der Waals surface area contributed by atoms with Crippen LogP contribution in [0.5, 0.6) is 0 Å². The minimum atomic E-state index is -4.64. The molecule has 2 aromatic rings. The first kappa shape index (κ1) is 27.1. The molecule has 1 fully saturated rings. The maximum absolute atomic E-state index is 14.1. The smallest absolute Gasteiger partial charge is 0.342 e. The van der Waals surface area contributed by atoms with Crippen LogP contribution in [0.25, 0.3) is 0 Å². The van der Waals surface area contributed by atoms with Crippen LogP contribution < -0.4 is 4.90 Å². The number of halogens is 3. The lowest BCUT2D eigenvalue weighted by Crippen LogP contribution is -2.52. The second kappa shape index (κ2) is 10.8. The van der Waals surface area contributed by atoms with Crippen LogP contribution in [0, 0.1) is 17.2 Å². The van der Waals surface area contributed by atoms with E-state index in [-0.39, 0.29) is 17.0 Å². The van der Waals surface area contributed by atoms with Gasteiger partial charge in [-0.15, -0.1) is 0 Å². The molecule has 0 spiro atoms. The Morgan fingerprint density at radius 3 is 2.18 bits per heavy atom. The summed E-state index contributed by atoms with van der Waals surface area (Å²) < 4.78 is 40.5. The van der Waals surface area contributed by atoms with E-state index in [1.165, 1.54) is 26.0 Å². The average molecular weight is 524 g/mol. The first-order valence-electron chi connectivity index (χ1n) is 12.6. The van der Waals surface area contributed by atoms with Crippen LogP contribution in [-0.4, -0.2) is 35.6 Å². The fourth-order valence-corrected chi connectivity index (χ4v) is 5.44. The standard InChI is InChI=1S/C29H28F3N3O3/c1-18-24(19(2)36)25(21-12-10-20(17-33)11-13-21)26(27(37)34-14-5-3-4-6-15-34)28(38)35(18)23-9-7-8-22(16-23)29(30,31)32/h7-13,16,25-26H,3-6,14-15H2,1-2H3. The van der Waals surface area contributed by atoms with E-state index in [2.05, 4.69) is 0 Å². The molecule has 0 aromatic heterocycles. The Balaban J connectivity index is 1.92. The number of nitriles is 1. The van der Waals surface area contributed by atoms with Gasteiger partial charge in [-0.05, 0) is 62.6 Å². The summed E-state index contributed by atoms with van der Waals surface area (Å²) in [5.74, 6) is -3.82. The van der Waals surface area contributed by atoms with E-state index in [0.717, 1.165) is 42.7 Å². The molecule has 0 saturated carbocycles. The number of Topliss-reactive ketones (excluding diaryl/α,β-unsaturated/α-hetero) is 1. The molecule has 4 rings (SSSR count). The molecule has 2 atom stereocenters. The maximum Gasteiger partial charge on any atom is 0.416 e. The molecule has 9 heteroatoms. The zero-order chi connectivity index (χ0) is 27.6. The second-order valence-corrected chi connectivity index (χ2v) is 9.71. The van der Waals surface area contributed by atoms with Gasteiger partial charge in [0.1, 0.15) is 5.92 Å². The lowest BCUT2D eigenvalue weighted by molar-refractivity contribution is -0.142. The summed E-state index contributed by atoms with van der Waals surface area (Å²) >= 11 is 0. The van der Waals surface area contributed by atoms with Crippen molar-refractivity contribution in [1.29, 1.82) is 5.26 Å². The number of benzene rings is 2. The molecule has 2 unspecified atom stereocenters. The Bertz CT molecular complexity index is 1320. The third-order valence-corrected chi connectivity index (χ3v) is 7.25. The van der Waals surface area contributed by atoms with Gasteiger partial charge in [-0.2, -0.15) is 18.4 Å². The number of anilines is 1. The van der Waals surface area contributed by atoms with Gasteiger partial charge in [-0.25, -0.2) is 0 Å². The first-order chi connectivity index (χ1) is 18.0. The van der Waals surface area contributed by atoms with Gasteiger partial charge in [0, 0.05) is 36.0 Å². The van der Waals surface area contributed by atoms with Crippen LogP contribution >= 0.6 is 0 Å². The SMILES string of the molecule is CC(=O)C1=C(C)N(c2cccc(C(F)(F)F)c2)C(=O)C(C(=O)N2CCCCCC2)C1c1ccc(C#N)cc1. The quantitative estimate of drug-likeness (QED) is 0.490. The van der Waals surface area contributed by atoms with Crippen LogP contribution in [-0.2, 0) is 20.6 Å². The molecular weight excluding hydrogens is 495 g/mol. The summed E-state index contributed by atoms with van der Waals surface area (Å²) in [6, 6.07) is 12.7. The summed E-state index contributed by atoms with van der Waals surface area (Å²) in [4.78, 5) is 43.9. The lowest BCUT2D eigenvalue weighted by Gasteiger charge is -2.41. The number of ketones is 1. The Hall–Kier alpha value is -3.93. The van der Waals surface area contributed by atoms with Gasteiger partial charge in [0.05, 0.1) is 17.2 Å². The summed E-state index contributed by atoms with van der Waals surface area (Å²) in [5.41, 5.74) is 0.245. The summed E-state index contributed by atoms with van der Waals surface area (Å²) in [6.07, 6.45) is -1.17. The molecule has 38 heavy (non-hydrogen) atoms. The molecule has 6 nitrogen and oxygen atoms in total. The topological polar surface area (TPSA) is 81.5 Å². The Labute approximate surface area is 219 Å². The number of likely N-dealkylation sites (tertiary alicyclic amines) is 1. The van der Waals surface area contributed by atoms with E-state index in [4.69, 9.17) is 0 Å². The van der Waals surface area contributed by atoms with Gasteiger partial charge in [-0.1, -0.05) is 31.0 Å². The Kier molecular flexibility index (Phi) is 7.72. The van der Waals surface area contributed by atoms with Crippen LogP contribution in [0.4, 0.5) is 18.9 Å². The average Bonchev–Trinajstić information content (AvgIpc) is 3.17. The summed E-state index contributed by atoms with van der Waals surface area (Å²) in [6.45, 7) is 3.76. The molecule has 198 valence electrons. The predicted octanol–water partition coefficient (Wildman–Crippen LogP) is 5.59. The zero-order valence-electron chi connectivity index (χ0n) is 21.2. The molecule has 0 aliphatic carbocycles. The van der Waals surface area contributed by atoms with Crippen molar-refractivity contribution in [2.45, 2.75) is 51.6 Å². The van der Waals surface area contributed by atoms with Crippen LogP contribution in [0.15, 0.2) is 59.8 Å². The van der Waals surface area contributed by atoms with E-state index >= 15 is 0 Å². The minimum Gasteiger partial charge on any atom is -0.342 e. The van der Waals surface area contributed by atoms with E-state index in [9.17, 15) is 32.8 Å². The van der Waals surface area contributed by atoms with Crippen LogP contribution in [0.3, 0.4) is 0 Å². The van der Waals surface area contributed by atoms with Crippen molar-refractivity contribution in [3.05, 3.63) is 76.5 Å². The van der Waals surface area contributed by atoms with Crippen molar-refractivity contribution in [3.8, 4) is 6.07 Å². The van der Waals surface area contributed by atoms with Gasteiger partial charge in [-0.3, -0.25) is 19.3 Å². The monoisotopic (exact) mass is 523 g/mol. The van der Waals surface area contributed by atoms with Gasteiger partial charge in [0.15, 0.2) is 5.78 Å². The van der Waals surface area contributed by atoms with E-state index in [1.54, 1.807) is 29.2 Å². The molecule has 0 radical (unpaired) electrons. The number of alkyl halides is 3. The highest BCUT2D eigenvalue weighted by molar-refractivity contribution is 6.15. The van der Waals surface area contributed by atoms with E-state index in [0.29, 0.717) is 24.2 Å². The zero-order valence-corrected chi connectivity index (χ0v) is 21.2. The second-order valence-electron chi connectivity index (χ2n) is 9.71. The van der Waals surface area contributed by atoms with Gasteiger partial charge in [0.2, 0.25) is 11.8 Å². The lowest BCUT2D eigenvalue weighted by atomic mass is 9.74. The van der Waals surface area contributed by atoms with E-state index in [1.807, 2.05) is 6.07 Å². The third-order valence-electron chi connectivity index (χ3n) is 7.25. The molecule has 2 aromatic carbocycles. The van der Waals surface area contributed by atoms with Crippen molar-refractivity contribution < 1.29 is 27.6 Å². The highest BCUT2D eigenvalue weighted by Crippen LogP contribution is 2.44. The molecule has 2 heterocycles. The maximum atomic E-state index is 14.1. The number of carbonyl (C=O) groups excluding carboxylic acids is 3. The number of amides is 2. The molecular formula is C29H28F3N3O3. The molecule has 2 aliphatic rings. The largest absolute Gasteiger partial charge is 0.416 e. The fraction of sp³-hybridized carbons (Fsp3) is 0.379. The van der Waals surface area contributed by atoms with Crippen molar-refractivity contribution in [3.63, 3.8) is 0 Å². The highest BCUT2D eigenvalue weighted by Gasteiger charge is 2.48. The predicted molar refractivity (Wildman–Crippen MR) is 135 cm³/mol. The van der Waals surface area contributed by atoms with Gasteiger partial charge < -0.3 is 4.90 Å². The minimum absolute atomic E-state index is 0.0620. The Morgan fingerprint density at radius 2 is 1.63 bits per heavy atom. The van der Waals surface area contributed by atoms with Crippen LogP contribution in [0.2, 0.25) is 0 Å². The van der Waals surface area contributed by atoms with Crippen molar-refractivity contribution in [2.75, 3.05) is 18.0 Å². The normalized spacial score (nSPS) is 20.7. The van der Waals surface area contributed by atoms with Gasteiger partial charge in [0.25, 0.3) is 0 Å². The summed E-state index contributed by atoms with van der Waals surface area (Å²) in [7, 11) is 0. The number of nitrogens with zero attached hydrogens (tertiary/aromatic N) is 3. The van der Waals surface area contributed by atoms with Gasteiger partial charge >= 0.3 is 6.18 Å². The third kappa shape index (κ3) is 5.21. The summed E-state index contributed by atoms with van der Waals surface area (Å²) in [5, 5.41) is 9.23. The number of allylic oxidation sites excluding steroid dienone is 2. The van der Waals surface area contributed by atoms with Crippen molar-refractivity contribution in [2.24, 2.45) is 5.92 Å². The van der Waals surface area contributed by atoms with E-state index < -0.39 is 41.2 Å². The molecule has 2 aliphatic heterocycles. The Morgan fingerprint density at radius 1 is 1.00 bits per heavy atom. The fourth-order valence-electron chi connectivity index (χ4n) is 5.44. The molecule has 0 bridgehead atoms. The number of hydrogen-bond acceptors (Lipinski definition) is 4. The van der Waals surface area contributed by atoms with Crippen molar-refractivity contribution >= 4 is 23.3 Å². The van der Waals surface area contributed by atoms with Crippen LogP contribution in [0.1, 0.15) is 62.1 Å². The number of carbonyl (C=O) groups is 3. The number of rotatable bonds is 4. The van der Waals surface area contributed by atoms with Crippen molar-refractivity contribution in [1.82, 2.24) is 4.90 Å². The molecule has 1 saturated heterocycles.